The van der Waals surface area contributed by atoms with Crippen LogP contribution in [0.15, 0.2) is 30.3 Å². The summed E-state index contributed by atoms with van der Waals surface area (Å²) in [6.07, 6.45) is 0.339. The van der Waals surface area contributed by atoms with Crippen LogP contribution in [0.1, 0.15) is 18.9 Å². The van der Waals surface area contributed by atoms with E-state index in [0.717, 1.165) is 16.7 Å². The maximum Gasteiger partial charge on any atom is 0.130 e. The predicted molar refractivity (Wildman–Crippen MR) is 76.0 cm³/mol. The van der Waals surface area contributed by atoms with Crippen molar-refractivity contribution < 1.29 is 5.11 Å². The van der Waals surface area contributed by atoms with E-state index in [-0.39, 0.29) is 6.10 Å². The number of rotatable bonds is 4. The predicted octanol–water partition coefficient (Wildman–Crippen LogP) is 2.31. The van der Waals surface area contributed by atoms with Crippen molar-refractivity contribution in [3.05, 3.63) is 35.9 Å². The number of hydrogen-bond donors (Lipinski definition) is 1. The highest BCUT2D eigenvalue weighted by Gasteiger charge is 2.09. The largest absolute Gasteiger partial charge is 0.393 e. The quantitative estimate of drug-likeness (QED) is 0.910. The lowest BCUT2D eigenvalue weighted by Crippen LogP contribution is -2.22. The van der Waals surface area contributed by atoms with Gasteiger partial charge in [-0.3, -0.25) is 0 Å². The van der Waals surface area contributed by atoms with Crippen LogP contribution >= 0.6 is 0 Å². The van der Waals surface area contributed by atoms with Gasteiger partial charge in [0.15, 0.2) is 0 Å². The number of aromatic nitrogens is 1. The Kier molecular flexibility index (Phi) is 3.98. The molecule has 4 nitrogen and oxygen atoms in total. The first-order chi connectivity index (χ1) is 9.11. The number of anilines is 1. The molecule has 1 aromatic heterocycles. The first-order valence-electron chi connectivity index (χ1n) is 6.31. The van der Waals surface area contributed by atoms with E-state index in [1.807, 2.05) is 36.2 Å². The van der Waals surface area contributed by atoms with Crippen LogP contribution in [0.3, 0.4) is 0 Å². The van der Waals surface area contributed by atoms with Crippen LogP contribution in [0, 0.1) is 11.3 Å². The maximum atomic E-state index is 9.32. The number of aliphatic hydroxyl groups excluding tert-OH is 1. The Morgan fingerprint density at radius 1 is 1.42 bits per heavy atom. The van der Waals surface area contributed by atoms with Crippen molar-refractivity contribution in [1.29, 1.82) is 5.26 Å². The molecule has 0 radical (unpaired) electrons. The van der Waals surface area contributed by atoms with Crippen molar-refractivity contribution in [2.45, 2.75) is 19.4 Å². The standard InChI is InChI=1S/C15H17N3O/c1-11(19)7-8-18(2)15-9-12(10-16)13-5-3-4-6-14(13)17-15/h3-6,9,11,19H,7-8H2,1-2H3. The minimum absolute atomic E-state index is 0.335. The first-order valence-corrected chi connectivity index (χ1v) is 6.31. The molecule has 1 atom stereocenters. The number of fused-ring (bicyclic) bond motifs is 1. The molecule has 0 saturated heterocycles. The molecular weight excluding hydrogens is 238 g/mol. The van der Waals surface area contributed by atoms with Crippen molar-refractivity contribution in [2.24, 2.45) is 0 Å². The number of nitrogens with zero attached hydrogens (tertiary/aromatic N) is 3. The van der Waals surface area contributed by atoms with Gasteiger partial charge in [-0.25, -0.2) is 4.98 Å². The summed E-state index contributed by atoms with van der Waals surface area (Å²) in [7, 11) is 1.92. The van der Waals surface area contributed by atoms with E-state index in [9.17, 15) is 10.4 Å². The van der Waals surface area contributed by atoms with Gasteiger partial charge >= 0.3 is 0 Å². The number of nitriles is 1. The summed E-state index contributed by atoms with van der Waals surface area (Å²) in [4.78, 5) is 6.51. The van der Waals surface area contributed by atoms with Crippen LogP contribution in [0.25, 0.3) is 10.9 Å². The second-order valence-corrected chi connectivity index (χ2v) is 4.72. The fourth-order valence-electron chi connectivity index (χ4n) is 1.94. The highest BCUT2D eigenvalue weighted by atomic mass is 16.3. The van der Waals surface area contributed by atoms with Gasteiger partial charge in [0, 0.05) is 19.0 Å². The minimum Gasteiger partial charge on any atom is -0.393 e. The third-order valence-corrected chi connectivity index (χ3v) is 3.10. The Balaban J connectivity index is 2.37. The third-order valence-electron chi connectivity index (χ3n) is 3.10. The zero-order chi connectivity index (χ0) is 13.8. The summed E-state index contributed by atoms with van der Waals surface area (Å²) in [5.41, 5.74) is 1.45. The molecule has 0 bridgehead atoms. The van der Waals surface area contributed by atoms with Crippen molar-refractivity contribution in [2.75, 3.05) is 18.5 Å². The molecule has 0 aliphatic rings. The number of aliphatic hydroxyl groups is 1. The molecule has 1 heterocycles. The topological polar surface area (TPSA) is 60.1 Å². The molecule has 0 amide bonds. The summed E-state index contributed by atoms with van der Waals surface area (Å²) in [5.74, 6) is 0.760. The fourth-order valence-corrected chi connectivity index (χ4v) is 1.94. The highest BCUT2D eigenvalue weighted by Crippen LogP contribution is 2.21. The van der Waals surface area contributed by atoms with E-state index in [1.54, 1.807) is 13.0 Å². The average molecular weight is 255 g/mol. The van der Waals surface area contributed by atoms with Gasteiger partial charge in [-0.05, 0) is 25.5 Å². The number of para-hydroxylation sites is 1. The molecule has 0 fully saturated rings. The fraction of sp³-hybridized carbons (Fsp3) is 0.333. The monoisotopic (exact) mass is 255 g/mol. The summed E-state index contributed by atoms with van der Waals surface area (Å²) < 4.78 is 0. The Hall–Kier alpha value is -2.12. The average Bonchev–Trinajstić information content (AvgIpc) is 2.43. The lowest BCUT2D eigenvalue weighted by Gasteiger charge is -2.19. The van der Waals surface area contributed by atoms with Crippen molar-refractivity contribution in [3.63, 3.8) is 0 Å². The Morgan fingerprint density at radius 3 is 2.84 bits per heavy atom. The second-order valence-electron chi connectivity index (χ2n) is 4.72. The molecule has 1 aromatic carbocycles. The van der Waals surface area contributed by atoms with Gasteiger partial charge in [0.1, 0.15) is 5.82 Å². The highest BCUT2D eigenvalue weighted by molar-refractivity contribution is 5.86. The summed E-state index contributed by atoms with van der Waals surface area (Å²) >= 11 is 0. The molecular formula is C15H17N3O. The Morgan fingerprint density at radius 2 is 2.16 bits per heavy atom. The van der Waals surface area contributed by atoms with E-state index in [0.29, 0.717) is 18.5 Å². The van der Waals surface area contributed by atoms with Crippen molar-refractivity contribution in [3.8, 4) is 6.07 Å². The second kappa shape index (κ2) is 5.68. The number of pyridine rings is 1. The zero-order valence-electron chi connectivity index (χ0n) is 11.2. The van der Waals surface area contributed by atoms with Gasteiger partial charge in [-0.2, -0.15) is 5.26 Å². The van der Waals surface area contributed by atoms with Crippen molar-refractivity contribution >= 4 is 16.7 Å². The van der Waals surface area contributed by atoms with Crippen LogP contribution in [0.5, 0.6) is 0 Å². The molecule has 1 N–H and O–H groups in total. The number of hydrogen-bond acceptors (Lipinski definition) is 4. The van der Waals surface area contributed by atoms with Gasteiger partial charge in [0.05, 0.1) is 23.3 Å². The van der Waals surface area contributed by atoms with E-state index in [4.69, 9.17) is 0 Å². The van der Waals surface area contributed by atoms with E-state index in [1.165, 1.54) is 0 Å². The van der Waals surface area contributed by atoms with Gasteiger partial charge in [-0.15, -0.1) is 0 Å². The Bertz CT molecular complexity index is 616. The SMILES string of the molecule is CC(O)CCN(C)c1cc(C#N)c2ccccc2n1. The first kappa shape index (κ1) is 13.3. The summed E-state index contributed by atoms with van der Waals surface area (Å²) in [6.45, 7) is 2.47. The molecule has 4 heteroatoms. The van der Waals surface area contributed by atoms with Crippen LogP contribution < -0.4 is 4.90 Å². The molecule has 0 aliphatic heterocycles. The Labute approximate surface area is 112 Å². The van der Waals surface area contributed by atoms with E-state index in [2.05, 4.69) is 11.1 Å². The molecule has 0 aliphatic carbocycles. The molecule has 2 aromatic rings. The van der Waals surface area contributed by atoms with Crippen LogP contribution in [-0.2, 0) is 0 Å². The summed E-state index contributed by atoms with van der Waals surface area (Å²) in [5, 5.41) is 19.4. The zero-order valence-corrected chi connectivity index (χ0v) is 11.2. The van der Waals surface area contributed by atoms with Crippen molar-refractivity contribution in [1.82, 2.24) is 4.98 Å². The van der Waals surface area contributed by atoms with Gasteiger partial charge in [0.25, 0.3) is 0 Å². The molecule has 0 spiro atoms. The van der Waals surface area contributed by atoms with Gasteiger partial charge < -0.3 is 10.0 Å². The number of benzene rings is 1. The maximum absolute atomic E-state index is 9.32. The van der Waals surface area contributed by atoms with Crippen LogP contribution in [-0.4, -0.2) is 29.8 Å². The lowest BCUT2D eigenvalue weighted by molar-refractivity contribution is 0.187. The van der Waals surface area contributed by atoms with Gasteiger partial charge in [-0.1, -0.05) is 18.2 Å². The van der Waals surface area contributed by atoms with Crippen LogP contribution in [0.4, 0.5) is 5.82 Å². The van der Waals surface area contributed by atoms with Gasteiger partial charge in [0.2, 0.25) is 0 Å². The van der Waals surface area contributed by atoms with E-state index >= 15 is 0 Å². The molecule has 98 valence electrons. The molecule has 2 rings (SSSR count). The smallest absolute Gasteiger partial charge is 0.130 e. The third kappa shape index (κ3) is 3.01. The van der Waals surface area contributed by atoms with Crippen LogP contribution in [0.2, 0.25) is 0 Å². The lowest BCUT2D eigenvalue weighted by atomic mass is 10.1. The normalized spacial score (nSPS) is 12.1. The minimum atomic E-state index is -0.335. The molecule has 19 heavy (non-hydrogen) atoms. The molecule has 0 saturated carbocycles. The van der Waals surface area contributed by atoms with E-state index < -0.39 is 0 Å². The molecule has 1 unspecified atom stereocenters. The summed E-state index contributed by atoms with van der Waals surface area (Å²) in [6, 6.07) is 11.6.